The number of hydrogen-bond acceptors (Lipinski definition) is 2. The lowest BCUT2D eigenvalue weighted by Crippen LogP contribution is -2.34. The van der Waals surface area contributed by atoms with Crippen molar-refractivity contribution in [2.45, 2.75) is 77.6 Å². The second-order valence-electron chi connectivity index (χ2n) is 25.2. The van der Waals surface area contributed by atoms with Crippen molar-refractivity contribution in [1.82, 2.24) is 18.7 Å². The van der Waals surface area contributed by atoms with E-state index in [1.165, 1.54) is 16.7 Å². The Morgan fingerprint density at radius 2 is 1.08 bits per heavy atom. The number of rotatable bonds is 6. The van der Waals surface area contributed by atoms with Crippen molar-refractivity contribution in [3.8, 4) is 78.9 Å². The minimum Gasteiger partial charge on any atom is -0.458 e. The number of imidazole rings is 1. The van der Waals surface area contributed by atoms with Crippen LogP contribution in [0.3, 0.4) is 0 Å². The van der Waals surface area contributed by atoms with Crippen LogP contribution in [0, 0.1) is 6.33 Å². The Morgan fingerprint density at radius 1 is 0.500 bits per heavy atom. The topological polar surface area (TPSA) is 40.8 Å². The monoisotopic (exact) mass is 1090 g/mol. The molecule has 0 bridgehead atoms. The molecule has 10 aromatic carbocycles. The molecular formula is C78H63N5O. The van der Waals surface area contributed by atoms with Gasteiger partial charge in [-0.15, -0.1) is 0 Å². The zero-order valence-corrected chi connectivity index (χ0v) is 48.1. The predicted octanol–water partition coefficient (Wildman–Crippen LogP) is 19.7. The Hall–Kier alpha value is -9.78. The maximum Gasteiger partial charge on any atom is 0.269 e. The van der Waals surface area contributed by atoms with Gasteiger partial charge < -0.3 is 9.30 Å². The molecule has 2 aliphatic rings. The molecule has 84 heavy (non-hydrogen) atoms. The summed E-state index contributed by atoms with van der Waals surface area (Å²) in [5.41, 5.74) is 18.3. The SMILES string of the molecule is [2H]c1c([2H])c([2H])c(-c2cc3c4c(c2)n(-c2cccc(Oc5ccc6c7ccccc7n(-c7cc(C(C)(C)C)ccn7)c6c5)c2)[c-][n+]4-c2c(cccc2-n2c4ccccc4c4ccccc42)-c2cc4c(cc2-c2ccccc2-3)C(C)(C)CCC4(C)C)c([2H])c1[2H]. The van der Waals surface area contributed by atoms with Crippen molar-refractivity contribution in [1.29, 1.82) is 0 Å². The van der Waals surface area contributed by atoms with E-state index >= 15 is 0 Å². The average molecular weight is 1090 g/mol. The Balaban J connectivity index is 0.995. The number of ether oxygens (including phenoxy) is 1. The van der Waals surface area contributed by atoms with Crippen molar-refractivity contribution in [2.75, 3.05) is 0 Å². The van der Waals surface area contributed by atoms with Crippen LogP contribution in [0.4, 0.5) is 0 Å². The summed E-state index contributed by atoms with van der Waals surface area (Å²) in [4.78, 5) is 4.94. The minimum atomic E-state index is -0.445. The summed E-state index contributed by atoms with van der Waals surface area (Å²) in [7, 11) is 0. The van der Waals surface area contributed by atoms with Gasteiger partial charge in [0.2, 0.25) is 0 Å². The summed E-state index contributed by atoms with van der Waals surface area (Å²) in [5.74, 6) is 2.06. The van der Waals surface area contributed by atoms with Crippen LogP contribution >= 0.6 is 0 Å². The van der Waals surface area contributed by atoms with Gasteiger partial charge in [-0.05, 0) is 169 Å². The van der Waals surface area contributed by atoms with Crippen LogP contribution in [0.5, 0.6) is 11.5 Å². The lowest BCUT2D eigenvalue weighted by molar-refractivity contribution is -0.571. The molecule has 0 fully saturated rings. The highest BCUT2D eigenvalue weighted by atomic mass is 16.5. The van der Waals surface area contributed by atoms with E-state index in [0.29, 0.717) is 22.6 Å². The van der Waals surface area contributed by atoms with Crippen molar-refractivity contribution >= 4 is 54.6 Å². The molecule has 0 atom stereocenters. The molecule has 4 aromatic heterocycles. The van der Waals surface area contributed by atoms with Crippen molar-refractivity contribution in [3.63, 3.8) is 0 Å². The summed E-state index contributed by atoms with van der Waals surface area (Å²) in [6, 6.07) is 66.6. The lowest BCUT2D eigenvalue weighted by atomic mass is 9.62. The first-order valence-corrected chi connectivity index (χ1v) is 29.2. The predicted molar refractivity (Wildman–Crippen MR) is 346 cm³/mol. The molecule has 406 valence electrons. The van der Waals surface area contributed by atoms with E-state index in [1.807, 2.05) is 48.7 Å². The summed E-state index contributed by atoms with van der Waals surface area (Å²) >= 11 is 0. The van der Waals surface area contributed by atoms with Gasteiger partial charge in [-0.25, -0.2) is 4.98 Å². The fourth-order valence-corrected chi connectivity index (χ4v) is 13.8. The van der Waals surface area contributed by atoms with Crippen LogP contribution in [-0.4, -0.2) is 18.7 Å². The number of para-hydroxylation sites is 4. The smallest absolute Gasteiger partial charge is 0.269 e. The van der Waals surface area contributed by atoms with Crippen molar-refractivity contribution in [3.05, 3.63) is 254 Å². The second-order valence-corrected chi connectivity index (χ2v) is 25.2. The molecule has 1 aliphatic heterocycles. The largest absolute Gasteiger partial charge is 0.458 e. The third-order valence-corrected chi connectivity index (χ3v) is 18.2. The molecule has 16 rings (SSSR count). The van der Waals surface area contributed by atoms with Crippen molar-refractivity contribution < 1.29 is 16.2 Å². The highest BCUT2D eigenvalue weighted by Gasteiger charge is 2.39. The third-order valence-electron chi connectivity index (χ3n) is 18.2. The fourth-order valence-electron chi connectivity index (χ4n) is 13.8. The summed E-state index contributed by atoms with van der Waals surface area (Å²) in [5, 5.41) is 4.47. The number of pyridine rings is 1. The Bertz CT molecular complexity index is 5280. The molecule has 0 unspecified atom stereocenters. The Labute approximate surface area is 497 Å². The first-order chi connectivity index (χ1) is 42.8. The van der Waals surface area contributed by atoms with Gasteiger partial charge in [0.25, 0.3) is 6.33 Å². The van der Waals surface area contributed by atoms with E-state index in [0.717, 1.165) is 118 Å². The van der Waals surface area contributed by atoms with E-state index in [4.69, 9.17) is 13.8 Å². The quantitative estimate of drug-likeness (QED) is 0.123. The molecule has 0 spiro atoms. The summed E-state index contributed by atoms with van der Waals surface area (Å²) in [6.07, 6.45) is 8.00. The molecule has 14 aromatic rings. The molecule has 0 saturated carbocycles. The zero-order chi connectivity index (χ0) is 61.2. The molecule has 0 N–H and O–H groups in total. The van der Waals surface area contributed by atoms with Gasteiger partial charge in [-0.3, -0.25) is 13.7 Å². The first kappa shape index (κ1) is 44.8. The van der Waals surface area contributed by atoms with Gasteiger partial charge in [-0.1, -0.05) is 188 Å². The van der Waals surface area contributed by atoms with Gasteiger partial charge in [-0.2, -0.15) is 0 Å². The number of nitrogens with zero attached hydrogens (tertiary/aromatic N) is 5. The molecule has 1 aliphatic carbocycles. The first-order valence-electron chi connectivity index (χ1n) is 31.7. The average Bonchev–Trinajstić information content (AvgIpc) is 1.69. The van der Waals surface area contributed by atoms with Gasteiger partial charge in [0.1, 0.15) is 17.3 Å². The summed E-state index contributed by atoms with van der Waals surface area (Å²) < 4.78 is 61.5. The lowest BCUT2D eigenvalue weighted by Gasteiger charge is -2.42. The number of benzene rings is 10. The molecule has 0 amide bonds. The van der Waals surface area contributed by atoms with E-state index in [1.54, 1.807) is 0 Å². The van der Waals surface area contributed by atoms with Crippen LogP contribution in [-0.2, 0) is 16.2 Å². The normalized spacial score (nSPS) is 15.1. The minimum absolute atomic E-state index is 0.0847. The number of hydrogen-bond donors (Lipinski definition) is 0. The molecule has 6 heteroatoms. The highest BCUT2D eigenvalue weighted by Crippen LogP contribution is 2.53. The second kappa shape index (κ2) is 18.4. The van der Waals surface area contributed by atoms with Gasteiger partial charge in [0, 0.05) is 33.8 Å². The number of aromatic nitrogens is 5. The maximum absolute atomic E-state index is 9.49. The Kier molecular flexibility index (Phi) is 9.80. The van der Waals surface area contributed by atoms with E-state index < -0.39 is 18.1 Å². The Morgan fingerprint density at radius 3 is 1.76 bits per heavy atom. The van der Waals surface area contributed by atoms with E-state index in [-0.39, 0.29) is 33.9 Å². The fraction of sp³-hybridized carbons (Fsp3) is 0.154. The van der Waals surface area contributed by atoms with Gasteiger partial charge in [0.15, 0.2) is 0 Å². The molecule has 5 heterocycles. The van der Waals surface area contributed by atoms with E-state index in [9.17, 15) is 2.74 Å². The van der Waals surface area contributed by atoms with Gasteiger partial charge >= 0.3 is 0 Å². The van der Waals surface area contributed by atoms with Crippen LogP contribution < -0.4 is 9.30 Å². The maximum atomic E-state index is 9.49. The van der Waals surface area contributed by atoms with Crippen LogP contribution in [0.1, 0.15) is 84.9 Å². The van der Waals surface area contributed by atoms with Gasteiger partial charge in [0.05, 0.1) is 57.0 Å². The standard InChI is InChI=1S/C78H63N5O/c1-76(2,3)51-37-40-79-73(43-51)83-69-33-18-15-29-59(69)60-36-35-54(45-71(60)83)84-53-24-19-23-52(44-53)80-48-81-74-61(30-20-34-70(74)82-67-31-16-13-27-57(67)58-28-14-17-32-68(58)82)63-47-66-65(77(4,5)38-39-78(66,6)7)46-62(63)55-25-11-12-26-56(55)64-41-50(42-72(80)75(64)81)49-21-9-8-10-22-49/h8-37,40-47H,38-39H2,1-7H3/i8D,9D,10D,21D,22D. The molecule has 0 saturated heterocycles. The molecule has 6 nitrogen and oxygen atoms in total. The molecular weight excluding hydrogens is 1020 g/mol. The molecule has 0 radical (unpaired) electrons. The highest BCUT2D eigenvalue weighted by molar-refractivity contribution is 6.11. The zero-order valence-electron chi connectivity index (χ0n) is 53.1. The number of fused-ring (bicyclic) bond motifs is 14. The van der Waals surface area contributed by atoms with Crippen LogP contribution in [0.25, 0.3) is 122 Å². The van der Waals surface area contributed by atoms with E-state index in [2.05, 4.69) is 225 Å². The van der Waals surface area contributed by atoms with Crippen LogP contribution in [0.15, 0.2) is 231 Å². The summed E-state index contributed by atoms with van der Waals surface area (Å²) in [6.45, 7) is 16.2. The van der Waals surface area contributed by atoms with Crippen LogP contribution in [0.2, 0.25) is 0 Å². The third kappa shape index (κ3) is 7.69. The van der Waals surface area contributed by atoms with Crippen molar-refractivity contribution in [2.24, 2.45) is 0 Å².